The van der Waals surface area contributed by atoms with E-state index in [4.69, 9.17) is 5.73 Å². The molecule has 1 fully saturated rings. The minimum Gasteiger partial charge on any atom is -0.369 e. The van der Waals surface area contributed by atoms with Crippen LogP contribution in [0.5, 0.6) is 0 Å². The van der Waals surface area contributed by atoms with E-state index in [1.165, 1.54) is 0 Å². The number of primary amides is 1. The van der Waals surface area contributed by atoms with Crippen molar-refractivity contribution < 1.29 is 4.79 Å². The van der Waals surface area contributed by atoms with Crippen LogP contribution in [0.2, 0.25) is 0 Å². The highest BCUT2D eigenvalue weighted by atomic mass is 79.9. The molecule has 0 bridgehead atoms. The Morgan fingerprint density at radius 3 is 2.33 bits per heavy atom. The van der Waals surface area contributed by atoms with Crippen molar-refractivity contribution >= 4 is 21.8 Å². The lowest BCUT2D eigenvalue weighted by molar-refractivity contribution is -0.123. The van der Waals surface area contributed by atoms with E-state index in [9.17, 15) is 4.79 Å². The van der Waals surface area contributed by atoms with Gasteiger partial charge in [-0.25, -0.2) is 0 Å². The van der Waals surface area contributed by atoms with Crippen LogP contribution in [0.25, 0.3) is 0 Å². The average molecular weight is 268 g/mol. The van der Waals surface area contributed by atoms with Crippen molar-refractivity contribution in [2.45, 2.75) is 25.2 Å². The van der Waals surface area contributed by atoms with Gasteiger partial charge >= 0.3 is 0 Å². The molecule has 1 saturated carbocycles. The van der Waals surface area contributed by atoms with E-state index in [-0.39, 0.29) is 5.91 Å². The molecule has 1 aromatic rings. The summed E-state index contributed by atoms with van der Waals surface area (Å²) in [5.41, 5.74) is 6.07. The molecular weight excluding hydrogens is 254 g/mol. The Bertz CT molecular complexity index is 383. The molecular formula is C12H14BrNO. The number of hydrogen-bond acceptors (Lipinski definition) is 1. The van der Waals surface area contributed by atoms with E-state index in [2.05, 4.69) is 15.9 Å². The third kappa shape index (κ3) is 1.81. The second-order valence-electron chi connectivity index (χ2n) is 4.35. The van der Waals surface area contributed by atoms with Crippen LogP contribution >= 0.6 is 15.9 Å². The molecule has 1 amide bonds. The molecule has 15 heavy (non-hydrogen) atoms. The molecule has 1 atom stereocenters. The maximum absolute atomic E-state index is 11.6. The van der Waals surface area contributed by atoms with Gasteiger partial charge in [-0.1, -0.05) is 28.1 Å². The van der Waals surface area contributed by atoms with Crippen molar-refractivity contribution in [3.05, 3.63) is 34.3 Å². The average Bonchev–Trinajstić information content (AvgIpc) is 3.00. The van der Waals surface area contributed by atoms with Crippen molar-refractivity contribution in [1.29, 1.82) is 0 Å². The zero-order valence-electron chi connectivity index (χ0n) is 8.66. The van der Waals surface area contributed by atoms with Crippen molar-refractivity contribution in [3.63, 3.8) is 0 Å². The van der Waals surface area contributed by atoms with Gasteiger partial charge in [0.1, 0.15) is 0 Å². The predicted molar refractivity (Wildman–Crippen MR) is 63.4 cm³/mol. The Labute approximate surface area is 98.0 Å². The number of benzene rings is 1. The van der Waals surface area contributed by atoms with Crippen LogP contribution in [0.3, 0.4) is 0 Å². The molecule has 0 aliphatic heterocycles. The summed E-state index contributed by atoms with van der Waals surface area (Å²) in [6.07, 6.45) is 2.21. The third-order valence-corrected chi connectivity index (χ3v) is 3.88. The van der Waals surface area contributed by atoms with Gasteiger partial charge in [0, 0.05) is 4.47 Å². The minimum absolute atomic E-state index is 0.215. The molecule has 0 radical (unpaired) electrons. The summed E-state index contributed by atoms with van der Waals surface area (Å²) < 4.78 is 1.02. The van der Waals surface area contributed by atoms with E-state index in [0.717, 1.165) is 22.9 Å². The summed E-state index contributed by atoms with van der Waals surface area (Å²) in [4.78, 5) is 11.6. The van der Waals surface area contributed by atoms with Crippen LogP contribution in [-0.4, -0.2) is 5.91 Å². The molecule has 1 aliphatic rings. The molecule has 0 aromatic heterocycles. The summed E-state index contributed by atoms with van der Waals surface area (Å²) >= 11 is 3.39. The molecule has 2 nitrogen and oxygen atoms in total. The normalized spacial score (nSPS) is 19.6. The molecule has 2 rings (SSSR count). The highest BCUT2D eigenvalue weighted by molar-refractivity contribution is 9.10. The molecule has 1 aromatic carbocycles. The second-order valence-corrected chi connectivity index (χ2v) is 5.26. The first-order chi connectivity index (χ1) is 7.05. The van der Waals surface area contributed by atoms with Gasteiger partial charge in [0.05, 0.1) is 5.41 Å². The molecule has 3 heteroatoms. The lowest BCUT2D eigenvalue weighted by Gasteiger charge is -2.26. The highest BCUT2D eigenvalue weighted by Crippen LogP contribution is 2.47. The van der Waals surface area contributed by atoms with Gasteiger partial charge in [-0.3, -0.25) is 4.79 Å². The van der Waals surface area contributed by atoms with Crippen LogP contribution in [0.15, 0.2) is 28.7 Å². The molecule has 1 aliphatic carbocycles. The topological polar surface area (TPSA) is 43.1 Å². The van der Waals surface area contributed by atoms with Crippen molar-refractivity contribution in [1.82, 2.24) is 0 Å². The van der Waals surface area contributed by atoms with Gasteiger partial charge in [0.15, 0.2) is 0 Å². The van der Waals surface area contributed by atoms with E-state index in [0.29, 0.717) is 5.92 Å². The minimum atomic E-state index is -0.485. The lowest BCUT2D eigenvalue weighted by Crippen LogP contribution is -2.40. The number of hydrogen-bond donors (Lipinski definition) is 1. The number of halogens is 1. The maximum Gasteiger partial charge on any atom is 0.228 e. The molecule has 0 heterocycles. The summed E-state index contributed by atoms with van der Waals surface area (Å²) in [6, 6.07) is 7.87. The second kappa shape index (κ2) is 3.63. The zero-order chi connectivity index (χ0) is 11.1. The van der Waals surface area contributed by atoms with Gasteiger partial charge in [0.2, 0.25) is 5.91 Å². The number of carbonyl (C=O) groups is 1. The first-order valence-corrected chi connectivity index (χ1v) is 5.90. The quantitative estimate of drug-likeness (QED) is 0.899. The van der Waals surface area contributed by atoms with E-state index in [1.54, 1.807) is 0 Å². The third-order valence-electron chi connectivity index (χ3n) is 3.35. The Morgan fingerprint density at radius 1 is 1.40 bits per heavy atom. The fourth-order valence-electron chi connectivity index (χ4n) is 2.04. The smallest absolute Gasteiger partial charge is 0.228 e. The van der Waals surface area contributed by atoms with Crippen LogP contribution in [0, 0.1) is 5.92 Å². The lowest BCUT2D eigenvalue weighted by atomic mass is 9.77. The highest BCUT2D eigenvalue weighted by Gasteiger charge is 2.47. The number of nitrogens with two attached hydrogens (primary N) is 1. The summed E-state index contributed by atoms with van der Waals surface area (Å²) in [6.45, 7) is 1.95. The van der Waals surface area contributed by atoms with Crippen LogP contribution in [0.1, 0.15) is 25.3 Å². The fourth-order valence-corrected chi connectivity index (χ4v) is 2.30. The monoisotopic (exact) mass is 267 g/mol. The van der Waals surface area contributed by atoms with E-state index in [1.807, 2.05) is 31.2 Å². The number of rotatable bonds is 3. The van der Waals surface area contributed by atoms with Crippen molar-refractivity contribution in [2.75, 3.05) is 0 Å². The summed E-state index contributed by atoms with van der Waals surface area (Å²) in [5.74, 6) is 0.212. The SMILES string of the molecule is CC(C(N)=O)(c1ccc(Br)cc1)C1CC1. The maximum atomic E-state index is 11.6. The van der Waals surface area contributed by atoms with Gasteiger partial charge in [-0.15, -0.1) is 0 Å². The van der Waals surface area contributed by atoms with Gasteiger partial charge in [0.25, 0.3) is 0 Å². The van der Waals surface area contributed by atoms with Gasteiger partial charge in [-0.05, 0) is 43.4 Å². The van der Waals surface area contributed by atoms with Crippen LogP contribution < -0.4 is 5.73 Å². The Balaban J connectivity index is 2.40. The molecule has 0 saturated heterocycles. The fraction of sp³-hybridized carbons (Fsp3) is 0.417. The van der Waals surface area contributed by atoms with Crippen LogP contribution in [-0.2, 0) is 10.2 Å². The first-order valence-electron chi connectivity index (χ1n) is 5.11. The van der Waals surface area contributed by atoms with Gasteiger partial charge < -0.3 is 5.73 Å². The zero-order valence-corrected chi connectivity index (χ0v) is 10.3. The predicted octanol–water partition coefficient (Wildman–Crippen LogP) is 2.60. The Morgan fingerprint density at radius 2 is 1.93 bits per heavy atom. The number of carbonyl (C=O) groups excluding carboxylic acids is 1. The summed E-state index contributed by atoms with van der Waals surface area (Å²) in [7, 11) is 0. The Kier molecular flexibility index (Phi) is 2.59. The number of amides is 1. The summed E-state index contributed by atoms with van der Waals surface area (Å²) in [5, 5.41) is 0. The van der Waals surface area contributed by atoms with E-state index < -0.39 is 5.41 Å². The van der Waals surface area contributed by atoms with Gasteiger partial charge in [-0.2, -0.15) is 0 Å². The molecule has 80 valence electrons. The van der Waals surface area contributed by atoms with Crippen molar-refractivity contribution in [2.24, 2.45) is 11.7 Å². The Hall–Kier alpha value is -0.830. The van der Waals surface area contributed by atoms with E-state index >= 15 is 0 Å². The largest absolute Gasteiger partial charge is 0.369 e. The molecule has 0 spiro atoms. The van der Waals surface area contributed by atoms with Crippen LogP contribution in [0.4, 0.5) is 0 Å². The first kappa shape index (κ1) is 10.7. The molecule has 1 unspecified atom stereocenters. The molecule has 2 N–H and O–H groups in total. The van der Waals surface area contributed by atoms with Crippen molar-refractivity contribution in [3.8, 4) is 0 Å². The standard InChI is InChI=1S/C12H14BrNO/c1-12(11(14)15,8-2-3-8)9-4-6-10(13)7-5-9/h4-8H,2-3H2,1H3,(H2,14,15).